The maximum atomic E-state index is 12.3. The van der Waals surface area contributed by atoms with Crippen molar-refractivity contribution in [1.29, 1.82) is 0 Å². The minimum Gasteiger partial charge on any atom is -0.484 e. The number of ether oxygens (including phenoxy) is 1. The molecule has 0 unspecified atom stereocenters. The molecule has 1 aromatic heterocycles. The Bertz CT molecular complexity index is 693. The van der Waals surface area contributed by atoms with Crippen LogP contribution in [0.4, 0.5) is 0 Å². The van der Waals surface area contributed by atoms with Gasteiger partial charge in [0.15, 0.2) is 6.61 Å². The molecule has 1 amide bonds. The Balaban J connectivity index is 2.24. The maximum Gasteiger partial charge on any atom is 0.267 e. The van der Waals surface area contributed by atoms with Crippen LogP contribution in [0.1, 0.15) is 0 Å². The summed E-state index contributed by atoms with van der Waals surface area (Å²) in [6.45, 7) is -0.163. The van der Waals surface area contributed by atoms with Crippen molar-refractivity contribution in [3.63, 3.8) is 0 Å². The third-order valence-electron chi connectivity index (χ3n) is 2.61. The van der Waals surface area contributed by atoms with Crippen molar-refractivity contribution < 1.29 is 17.9 Å². The van der Waals surface area contributed by atoms with Crippen molar-refractivity contribution >= 4 is 15.9 Å². The van der Waals surface area contributed by atoms with Gasteiger partial charge in [-0.3, -0.25) is 4.79 Å². The zero-order valence-corrected chi connectivity index (χ0v) is 11.6. The molecule has 20 heavy (non-hydrogen) atoms. The molecule has 0 spiro atoms. The zero-order chi connectivity index (χ0) is 14.6. The highest BCUT2D eigenvalue weighted by atomic mass is 32.2. The van der Waals surface area contributed by atoms with E-state index >= 15 is 0 Å². The monoisotopic (exact) mass is 294 g/mol. The molecule has 2 aromatic rings. The Kier molecular flexibility index (Phi) is 4.09. The van der Waals surface area contributed by atoms with E-state index in [1.54, 1.807) is 24.3 Å². The Hall–Kier alpha value is -2.28. The van der Waals surface area contributed by atoms with E-state index in [0.717, 1.165) is 3.97 Å². The second kappa shape index (κ2) is 5.79. The average molecular weight is 294 g/mol. The van der Waals surface area contributed by atoms with Crippen LogP contribution in [-0.2, 0) is 14.8 Å². The normalized spacial score (nSPS) is 11.1. The van der Waals surface area contributed by atoms with Crippen molar-refractivity contribution in [3.8, 4) is 5.75 Å². The number of rotatable bonds is 5. The van der Waals surface area contributed by atoms with Crippen molar-refractivity contribution in [2.75, 3.05) is 13.7 Å². The number of likely N-dealkylation sites (N-methyl/N-ethyl adjacent to an activating group) is 1. The summed E-state index contributed by atoms with van der Waals surface area (Å²) in [5.74, 6) is 0.0329. The van der Waals surface area contributed by atoms with Crippen LogP contribution < -0.4 is 10.1 Å². The molecule has 0 saturated carbocycles. The predicted molar refractivity (Wildman–Crippen MR) is 73.0 cm³/mol. The molecule has 1 aromatic carbocycles. The topological polar surface area (TPSA) is 77.4 Å². The van der Waals surface area contributed by atoms with Crippen LogP contribution in [0.2, 0.25) is 0 Å². The van der Waals surface area contributed by atoms with Gasteiger partial charge in [-0.15, -0.1) is 0 Å². The molecule has 0 fully saturated rings. The maximum absolute atomic E-state index is 12.3. The molecular formula is C13H14N2O4S. The highest BCUT2D eigenvalue weighted by Gasteiger charge is 2.16. The fraction of sp³-hybridized carbons (Fsp3) is 0.154. The van der Waals surface area contributed by atoms with Crippen LogP contribution in [-0.4, -0.2) is 32.0 Å². The Morgan fingerprint density at radius 2 is 1.95 bits per heavy atom. The molecule has 0 aliphatic rings. The van der Waals surface area contributed by atoms with E-state index in [1.807, 2.05) is 0 Å². The molecule has 0 aliphatic carbocycles. The standard InChI is InChI=1S/C13H14N2O4S/c1-14-13(16)10-19-11-5-4-6-12(9-11)20(17,18)15-7-2-3-8-15/h2-9H,10H2,1H3,(H,14,16). The fourth-order valence-electron chi connectivity index (χ4n) is 1.55. The molecule has 0 aliphatic heterocycles. The summed E-state index contributed by atoms with van der Waals surface area (Å²) in [4.78, 5) is 11.2. The minimum atomic E-state index is -3.63. The third kappa shape index (κ3) is 3.00. The summed E-state index contributed by atoms with van der Waals surface area (Å²) in [7, 11) is -2.13. The number of carbonyl (C=O) groups is 1. The van der Waals surface area contributed by atoms with Crippen LogP contribution >= 0.6 is 0 Å². The van der Waals surface area contributed by atoms with Crippen LogP contribution in [0.15, 0.2) is 53.7 Å². The summed E-state index contributed by atoms with van der Waals surface area (Å²) < 4.78 is 30.9. The second-order valence-electron chi connectivity index (χ2n) is 3.95. The molecule has 106 valence electrons. The lowest BCUT2D eigenvalue weighted by molar-refractivity contribution is -0.122. The van der Waals surface area contributed by atoms with Gasteiger partial charge in [0.25, 0.3) is 15.9 Å². The van der Waals surface area contributed by atoms with E-state index in [9.17, 15) is 13.2 Å². The van der Waals surface area contributed by atoms with Crippen molar-refractivity contribution in [2.45, 2.75) is 4.90 Å². The van der Waals surface area contributed by atoms with E-state index in [4.69, 9.17) is 4.74 Å². The predicted octanol–water partition coefficient (Wildman–Crippen LogP) is 0.850. The quantitative estimate of drug-likeness (QED) is 0.887. The number of hydrogen-bond acceptors (Lipinski definition) is 4. The molecule has 0 saturated heterocycles. The second-order valence-corrected chi connectivity index (χ2v) is 5.80. The van der Waals surface area contributed by atoms with Crippen LogP contribution in [0.25, 0.3) is 0 Å². The van der Waals surface area contributed by atoms with Gasteiger partial charge < -0.3 is 10.1 Å². The number of benzene rings is 1. The molecule has 2 rings (SSSR count). The van der Waals surface area contributed by atoms with Crippen LogP contribution in [0, 0.1) is 0 Å². The smallest absolute Gasteiger partial charge is 0.267 e. The Morgan fingerprint density at radius 1 is 1.25 bits per heavy atom. The highest BCUT2D eigenvalue weighted by Crippen LogP contribution is 2.19. The van der Waals surface area contributed by atoms with E-state index in [0.29, 0.717) is 5.75 Å². The Morgan fingerprint density at radius 3 is 2.60 bits per heavy atom. The van der Waals surface area contributed by atoms with Crippen LogP contribution in [0.3, 0.4) is 0 Å². The summed E-state index contributed by atoms with van der Waals surface area (Å²) in [5.41, 5.74) is 0. The van der Waals surface area contributed by atoms with Gasteiger partial charge in [0, 0.05) is 25.5 Å². The van der Waals surface area contributed by atoms with E-state index in [-0.39, 0.29) is 17.4 Å². The molecular weight excluding hydrogens is 280 g/mol. The molecule has 1 heterocycles. The first-order chi connectivity index (χ1) is 9.54. The first-order valence-corrected chi connectivity index (χ1v) is 7.30. The number of hydrogen-bond donors (Lipinski definition) is 1. The fourth-order valence-corrected chi connectivity index (χ4v) is 2.77. The highest BCUT2D eigenvalue weighted by molar-refractivity contribution is 7.90. The van der Waals surface area contributed by atoms with Gasteiger partial charge in [-0.1, -0.05) is 6.07 Å². The van der Waals surface area contributed by atoms with Crippen molar-refractivity contribution in [3.05, 3.63) is 48.8 Å². The molecule has 0 atom stereocenters. The summed E-state index contributed by atoms with van der Waals surface area (Å²) in [6, 6.07) is 9.28. The van der Waals surface area contributed by atoms with Gasteiger partial charge >= 0.3 is 0 Å². The number of amides is 1. The summed E-state index contributed by atoms with van der Waals surface area (Å²) in [6.07, 6.45) is 2.90. The zero-order valence-electron chi connectivity index (χ0n) is 10.8. The first-order valence-electron chi connectivity index (χ1n) is 5.86. The van der Waals surface area contributed by atoms with Crippen LogP contribution in [0.5, 0.6) is 5.75 Å². The van der Waals surface area contributed by atoms with Gasteiger partial charge in [0.1, 0.15) is 5.75 Å². The van der Waals surface area contributed by atoms with Crippen molar-refractivity contribution in [2.24, 2.45) is 0 Å². The number of aromatic nitrogens is 1. The van der Waals surface area contributed by atoms with E-state index in [2.05, 4.69) is 5.32 Å². The molecule has 7 heteroatoms. The van der Waals surface area contributed by atoms with E-state index < -0.39 is 10.0 Å². The lowest BCUT2D eigenvalue weighted by Gasteiger charge is -2.09. The summed E-state index contributed by atoms with van der Waals surface area (Å²) in [5, 5.41) is 2.42. The molecule has 0 bridgehead atoms. The van der Waals surface area contributed by atoms with E-state index in [1.165, 1.54) is 31.6 Å². The Labute approximate surface area is 117 Å². The molecule has 0 radical (unpaired) electrons. The number of carbonyl (C=O) groups excluding carboxylic acids is 1. The minimum absolute atomic E-state index is 0.100. The third-order valence-corrected chi connectivity index (χ3v) is 4.25. The largest absolute Gasteiger partial charge is 0.484 e. The summed E-state index contributed by atoms with van der Waals surface area (Å²) >= 11 is 0. The lowest BCUT2D eigenvalue weighted by atomic mass is 10.3. The number of nitrogens with one attached hydrogen (secondary N) is 1. The first kappa shape index (κ1) is 14.1. The van der Waals surface area contributed by atoms with Gasteiger partial charge in [-0.25, -0.2) is 12.4 Å². The van der Waals surface area contributed by atoms with Gasteiger partial charge in [-0.05, 0) is 24.3 Å². The lowest BCUT2D eigenvalue weighted by Crippen LogP contribution is -2.24. The average Bonchev–Trinajstić information content (AvgIpc) is 3.00. The van der Waals surface area contributed by atoms with Gasteiger partial charge in [0.2, 0.25) is 0 Å². The molecule has 6 nitrogen and oxygen atoms in total. The SMILES string of the molecule is CNC(=O)COc1cccc(S(=O)(=O)n2cccc2)c1. The molecule has 1 N–H and O–H groups in total. The van der Waals surface area contributed by atoms with Gasteiger partial charge in [0.05, 0.1) is 4.90 Å². The van der Waals surface area contributed by atoms with Crippen molar-refractivity contribution in [1.82, 2.24) is 9.29 Å². The number of nitrogens with zero attached hydrogens (tertiary/aromatic N) is 1. The van der Waals surface area contributed by atoms with Gasteiger partial charge in [-0.2, -0.15) is 0 Å².